The normalized spacial score (nSPS) is 12.4. The lowest BCUT2D eigenvalue weighted by molar-refractivity contribution is 0.666. The second-order valence-electron chi connectivity index (χ2n) is 39.4. The van der Waals surface area contributed by atoms with Gasteiger partial charge in [-0.05, 0) is 212 Å². The number of para-hydroxylation sites is 8. The van der Waals surface area contributed by atoms with Crippen molar-refractivity contribution in [3.63, 3.8) is 0 Å². The van der Waals surface area contributed by atoms with Crippen LogP contribution in [-0.4, -0.2) is 33.2 Å². The molecule has 0 saturated carbocycles. The Labute approximate surface area is 859 Å². The molecule has 0 atom stereocenters. The Morgan fingerprint density at radius 3 is 1.18 bits per heavy atom. The first-order chi connectivity index (χ1) is 73.7. The fraction of sp³-hybridized carbons (Fsp3) is 0.0217. The Morgan fingerprint density at radius 2 is 0.591 bits per heavy atom. The van der Waals surface area contributed by atoms with E-state index in [1.54, 1.807) is 0 Å². The van der Waals surface area contributed by atoms with Crippen molar-refractivity contribution in [3.05, 3.63) is 503 Å². The van der Waals surface area contributed by atoms with Gasteiger partial charge in [0.1, 0.15) is 51.0 Å². The van der Waals surface area contributed by atoms with Crippen molar-refractivity contribution in [3.8, 4) is 113 Å². The summed E-state index contributed by atoms with van der Waals surface area (Å²) in [6.07, 6.45) is 0. The Bertz CT molecular complexity index is 10900. The largest absolute Gasteiger partial charge is 0.456 e. The van der Waals surface area contributed by atoms with Crippen LogP contribution >= 0.6 is 11.3 Å². The Hall–Kier alpha value is -19.3. The van der Waals surface area contributed by atoms with Gasteiger partial charge in [0.05, 0.1) is 61.2 Å². The first kappa shape index (κ1) is 85.3. The van der Waals surface area contributed by atoms with Crippen LogP contribution < -0.4 is 0 Å². The fourth-order valence-corrected chi connectivity index (χ4v) is 25.4. The molecule has 698 valence electrons. The van der Waals surface area contributed by atoms with Crippen LogP contribution in [0, 0.1) is 0 Å². The van der Waals surface area contributed by atoms with E-state index in [1.165, 1.54) is 108 Å². The minimum atomic E-state index is -0.152. The van der Waals surface area contributed by atoms with Crippen LogP contribution in [0.3, 0.4) is 0 Å². The number of furan rings is 3. The van der Waals surface area contributed by atoms with Crippen LogP contribution in [0.25, 0.3) is 286 Å². The molecule has 0 fully saturated rings. The summed E-state index contributed by atoms with van der Waals surface area (Å²) >= 11 is 1.87. The molecule has 0 aliphatic heterocycles. The van der Waals surface area contributed by atoms with Crippen LogP contribution in [0.2, 0.25) is 0 Å². The molecule has 0 radical (unpaired) electrons. The quantitative estimate of drug-likeness (QED) is 0.128. The van der Waals surface area contributed by atoms with Crippen molar-refractivity contribution in [2.75, 3.05) is 0 Å². The molecule has 0 saturated heterocycles. The predicted molar refractivity (Wildman–Crippen MR) is 620 cm³/mol. The molecule has 149 heavy (non-hydrogen) atoms. The van der Waals surface area contributed by atoms with Gasteiger partial charge in [-0.1, -0.05) is 360 Å². The SMILES string of the molecule is CC1(C)c2ccccc2-c2ccc3c(c21)c1ccccc1n3-c1cc(-c2cccc(-c3ccccc3)c2)cc(-c2ccc3c(c2)oc2ccccc23)n1.c1ccc(-c2cc(-c3cccc4oc5ccccc5c34)nc(-n3c4ccccc4c4c3ccc3c5ccccc5n(-c5ccccc5)c34)c2)cc1.c1ccc(-c2cc(-c3cccc4oc5ccccc5c34)nc(-n3c4ccccc4c4c5sc6ccccc6c5ccc43)c2)cc1. The van der Waals surface area contributed by atoms with E-state index in [4.69, 9.17) is 28.2 Å². The van der Waals surface area contributed by atoms with Gasteiger partial charge in [-0.25, -0.2) is 15.0 Å². The number of nitrogens with zero attached hydrogens (tertiary/aromatic N) is 7. The highest BCUT2D eigenvalue weighted by atomic mass is 32.1. The molecule has 11 heterocycles. The number of hydrogen-bond acceptors (Lipinski definition) is 7. The third-order valence-corrected chi connectivity index (χ3v) is 31.9. The van der Waals surface area contributed by atoms with Crippen molar-refractivity contribution in [1.29, 1.82) is 0 Å². The molecular weight excluding hydrogens is 1840 g/mol. The topological polar surface area (TPSA) is 97.8 Å². The van der Waals surface area contributed by atoms with Crippen LogP contribution in [0.4, 0.5) is 0 Å². The summed E-state index contributed by atoms with van der Waals surface area (Å²) in [4.78, 5) is 16.5. The second-order valence-corrected chi connectivity index (χ2v) is 40.5. The molecule has 0 unspecified atom stereocenters. The predicted octanol–water partition coefficient (Wildman–Crippen LogP) is 37.7. The lowest BCUT2D eigenvalue weighted by Crippen LogP contribution is -2.15. The van der Waals surface area contributed by atoms with Gasteiger partial charge in [-0.3, -0.25) is 13.7 Å². The summed E-state index contributed by atoms with van der Waals surface area (Å²) < 4.78 is 31.1. The van der Waals surface area contributed by atoms with E-state index in [2.05, 4.69) is 475 Å². The first-order valence-electron chi connectivity index (χ1n) is 50.7. The highest BCUT2D eigenvalue weighted by Gasteiger charge is 2.39. The maximum atomic E-state index is 6.37. The molecule has 0 spiro atoms. The molecule has 20 aromatic carbocycles. The standard InChI is InChI=1S/C50H34N2O.C47H29N3O.C41H24N2OS/c1-50(2)41-20-9-6-17-36(41)39-25-26-44-48(49(39)50)40-19-7-10-21-43(40)52(44)47-30-35(33-16-12-15-32(27-33)31-13-4-3-5-14-31)28-42(51-47)34-23-24-38-37-18-8-11-22-45(37)53-46(38)29-34;1-3-14-30(15-4-1)31-28-38(35-21-13-25-43-45(35)37-20-9-12-24-42(37)51-43)48-44(29-31)50-40-23-11-8-19-36(40)46-41(50)27-26-34-33-18-7-10-22-39(33)49(47(34)46)32-16-5-2-6-17-32;1-2-11-25(12-3-1)26-23-32(29-16-10-19-36-39(29)31-15-5-8-18-35(31)44-36)42-38(24-26)43-33-17-7-4-14-30(33)40-34(43)22-21-28-27-13-6-9-20-37(27)45-41(28)40/h3-30H,1-2H3;1-29H;1-24H. The summed E-state index contributed by atoms with van der Waals surface area (Å²) in [5.74, 6) is 2.64. The van der Waals surface area contributed by atoms with Crippen molar-refractivity contribution in [1.82, 2.24) is 33.2 Å². The molecule has 32 rings (SSSR count). The third-order valence-electron chi connectivity index (χ3n) is 30.7. The smallest absolute Gasteiger partial charge is 0.138 e. The summed E-state index contributed by atoms with van der Waals surface area (Å²) in [7, 11) is 0. The monoisotopic (exact) mass is 1920 g/mol. The molecular formula is C138H87N7O3S. The number of thiophene rings is 1. The van der Waals surface area contributed by atoms with Gasteiger partial charge >= 0.3 is 0 Å². The Balaban J connectivity index is 0.000000103. The average molecular weight is 1920 g/mol. The molecule has 0 N–H and O–H groups in total. The highest BCUT2D eigenvalue weighted by Crippen LogP contribution is 2.55. The number of rotatable bonds is 11. The number of aromatic nitrogens is 7. The van der Waals surface area contributed by atoms with Crippen molar-refractivity contribution in [2.45, 2.75) is 19.3 Å². The van der Waals surface area contributed by atoms with Crippen LogP contribution in [0.1, 0.15) is 25.0 Å². The first-order valence-corrected chi connectivity index (χ1v) is 51.6. The van der Waals surface area contributed by atoms with Crippen LogP contribution in [0.5, 0.6) is 0 Å². The van der Waals surface area contributed by atoms with Crippen molar-refractivity contribution >= 4 is 185 Å². The zero-order chi connectivity index (χ0) is 98.2. The van der Waals surface area contributed by atoms with E-state index in [-0.39, 0.29) is 5.41 Å². The van der Waals surface area contributed by atoms with Gasteiger partial charge in [-0.15, -0.1) is 11.3 Å². The van der Waals surface area contributed by atoms with Gasteiger partial charge < -0.3 is 17.8 Å². The maximum absolute atomic E-state index is 6.37. The maximum Gasteiger partial charge on any atom is 0.138 e. The molecule has 1 aliphatic rings. The summed E-state index contributed by atoms with van der Waals surface area (Å²) in [6.45, 7) is 4.74. The number of pyridine rings is 3. The lowest BCUT2D eigenvalue weighted by Gasteiger charge is -2.22. The average Bonchev–Trinajstić information content (AvgIpc) is 1.53. The van der Waals surface area contributed by atoms with E-state index >= 15 is 0 Å². The lowest BCUT2D eigenvalue weighted by atomic mass is 9.80. The minimum absolute atomic E-state index is 0.152. The zero-order valence-electron chi connectivity index (χ0n) is 81.0. The van der Waals surface area contributed by atoms with Gasteiger partial charge in [0.15, 0.2) is 0 Å². The van der Waals surface area contributed by atoms with E-state index in [0.29, 0.717) is 0 Å². The highest BCUT2D eigenvalue weighted by molar-refractivity contribution is 7.26. The van der Waals surface area contributed by atoms with Crippen LogP contribution in [0.15, 0.2) is 505 Å². The van der Waals surface area contributed by atoms with Crippen LogP contribution in [-0.2, 0) is 5.41 Å². The minimum Gasteiger partial charge on any atom is -0.456 e. The summed E-state index contributed by atoms with van der Waals surface area (Å²) in [5.41, 5.74) is 35.8. The Kier molecular flexibility index (Phi) is 19.4. The number of fused-ring (bicyclic) bond motifs is 30. The number of benzene rings is 20. The summed E-state index contributed by atoms with van der Waals surface area (Å²) in [5, 5.41) is 19.1. The molecule has 1 aliphatic carbocycles. The van der Waals surface area contributed by atoms with Gasteiger partial charge in [-0.2, -0.15) is 0 Å². The van der Waals surface area contributed by atoms with Gasteiger partial charge in [0, 0.05) is 123 Å². The molecule has 0 bridgehead atoms. The molecule has 10 nitrogen and oxygen atoms in total. The van der Waals surface area contributed by atoms with E-state index < -0.39 is 0 Å². The molecule has 11 aromatic heterocycles. The summed E-state index contributed by atoms with van der Waals surface area (Å²) in [6, 6.07) is 175. The molecule has 0 amide bonds. The van der Waals surface area contributed by atoms with E-state index in [1.807, 2.05) is 59.9 Å². The van der Waals surface area contributed by atoms with E-state index in [0.717, 1.165) is 189 Å². The van der Waals surface area contributed by atoms with Gasteiger partial charge in [0.2, 0.25) is 0 Å². The Morgan fingerprint density at radius 1 is 0.208 bits per heavy atom. The fourth-order valence-electron chi connectivity index (χ4n) is 24.1. The number of hydrogen-bond donors (Lipinski definition) is 0. The second kappa shape index (κ2) is 33.9. The third kappa shape index (κ3) is 13.6. The zero-order valence-corrected chi connectivity index (χ0v) is 81.8. The van der Waals surface area contributed by atoms with Crippen molar-refractivity contribution < 1.29 is 13.3 Å². The molecule has 31 aromatic rings. The van der Waals surface area contributed by atoms with E-state index in [9.17, 15) is 0 Å². The molecule has 11 heteroatoms. The van der Waals surface area contributed by atoms with Gasteiger partial charge in [0.25, 0.3) is 0 Å². The van der Waals surface area contributed by atoms with Crippen molar-refractivity contribution in [2.24, 2.45) is 0 Å².